The van der Waals surface area contributed by atoms with Crippen molar-refractivity contribution in [3.63, 3.8) is 0 Å². The Hall–Kier alpha value is -1.79. The lowest BCUT2D eigenvalue weighted by Gasteiger charge is -2.08. The Kier molecular flexibility index (Phi) is 3.75. The summed E-state index contributed by atoms with van der Waals surface area (Å²) < 4.78 is 3.58. The van der Waals surface area contributed by atoms with Gasteiger partial charge in [-0.3, -0.25) is 14.6 Å². The van der Waals surface area contributed by atoms with Gasteiger partial charge in [-0.15, -0.1) is 0 Å². The lowest BCUT2D eigenvalue weighted by molar-refractivity contribution is 0.785. The second-order valence-corrected chi connectivity index (χ2v) is 5.49. The van der Waals surface area contributed by atoms with Crippen LogP contribution in [-0.4, -0.2) is 19.7 Å². The molecule has 4 nitrogen and oxygen atoms in total. The summed E-state index contributed by atoms with van der Waals surface area (Å²) in [5, 5.41) is 7.12. The lowest BCUT2D eigenvalue weighted by atomic mass is 10.2. The molecule has 20 heavy (non-hydrogen) atoms. The predicted octanol–water partition coefficient (Wildman–Crippen LogP) is 3.81. The summed E-state index contributed by atoms with van der Waals surface area (Å²) in [6, 6.07) is 13.8. The van der Waals surface area contributed by atoms with E-state index in [0.29, 0.717) is 11.3 Å². The van der Waals surface area contributed by atoms with E-state index in [2.05, 4.69) is 37.2 Å². The Bertz CT molecular complexity index is 779. The third-order valence-corrected chi connectivity index (χ3v) is 4.02. The van der Waals surface area contributed by atoms with Crippen LogP contribution >= 0.6 is 28.1 Å². The fraction of sp³-hybridized carbons (Fsp3) is 0.0714. The van der Waals surface area contributed by atoms with Gasteiger partial charge < -0.3 is 0 Å². The molecule has 1 N–H and O–H groups in total. The molecule has 0 saturated heterocycles. The molecule has 0 spiro atoms. The third-order valence-electron chi connectivity index (χ3n) is 2.94. The van der Waals surface area contributed by atoms with E-state index in [4.69, 9.17) is 12.2 Å². The van der Waals surface area contributed by atoms with Crippen LogP contribution in [0.3, 0.4) is 0 Å². The summed E-state index contributed by atoms with van der Waals surface area (Å²) in [7, 11) is 0. The number of nitrogens with one attached hydrogen (secondary N) is 1. The van der Waals surface area contributed by atoms with Gasteiger partial charge in [-0.2, -0.15) is 5.10 Å². The number of hydrogen-bond donors (Lipinski definition) is 1. The Balaban J connectivity index is 2.05. The van der Waals surface area contributed by atoms with Gasteiger partial charge in [0.25, 0.3) is 0 Å². The predicted molar refractivity (Wildman–Crippen MR) is 83.9 cm³/mol. The van der Waals surface area contributed by atoms with Crippen LogP contribution in [-0.2, 0) is 6.54 Å². The number of rotatable bonds is 3. The average Bonchev–Trinajstić information content (AvgIpc) is 2.84. The number of nitrogens with zero attached hydrogens (tertiary/aromatic N) is 3. The number of halogens is 1. The molecular formula is C14H11BrN4S. The van der Waals surface area contributed by atoms with Crippen molar-refractivity contribution in [2.24, 2.45) is 0 Å². The summed E-state index contributed by atoms with van der Waals surface area (Å²) in [5.74, 6) is 0.742. The molecule has 0 aliphatic heterocycles. The molecule has 0 aliphatic carbocycles. The Morgan fingerprint density at radius 3 is 2.70 bits per heavy atom. The van der Waals surface area contributed by atoms with E-state index in [0.717, 1.165) is 21.6 Å². The molecule has 3 rings (SSSR count). The van der Waals surface area contributed by atoms with E-state index in [-0.39, 0.29) is 0 Å². The smallest absolute Gasteiger partial charge is 0.195 e. The SMILES string of the molecule is S=c1[nH]nc(-c2ccccn2)n1Cc1ccccc1Br. The molecule has 1 aromatic carbocycles. The number of pyridine rings is 1. The largest absolute Gasteiger partial charge is 0.294 e. The molecule has 0 saturated carbocycles. The number of benzene rings is 1. The highest BCUT2D eigenvalue weighted by molar-refractivity contribution is 9.10. The van der Waals surface area contributed by atoms with Crippen molar-refractivity contribution in [1.82, 2.24) is 19.7 Å². The van der Waals surface area contributed by atoms with Crippen LogP contribution in [0.5, 0.6) is 0 Å². The monoisotopic (exact) mass is 346 g/mol. The maximum absolute atomic E-state index is 5.32. The second kappa shape index (κ2) is 5.68. The topological polar surface area (TPSA) is 46.5 Å². The molecule has 0 amide bonds. The minimum atomic E-state index is 0.585. The zero-order chi connectivity index (χ0) is 13.9. The maximum Gasteiger partial charge on any atom is 0.195 e. The van der Waals surface area contributed by atoms with E-state index >= 15 is 0 Å². The molecule has 3 aromatic rings. The summed E-state index contributed by atoms with van der Waals surface area (Å²) in [6.45, 7) is 0.642. The van der Waals surface area contributed by atoms with Crippen molar-refractivity contribution in [1.29, 1.82) is 0 Å². The third kappa shape index (κ3) is 2.57. The van der Waals surface area contributed by atoms with E-state index in [1.165, 1.54) is 0 Å². The molecule has 0 aliphatic rings. The summed E-state index contributed by atoms with van der Waals surface area (Å²) in [6.07, 6.45) is 1.75. The van der Waals surface area contributed by atoms with Gasteiger partial charge in [0, 0.05) is 10.7 Å². The van der Waals surface area contributed by atoms with E-state index in [9.17, 15) is 0 Å². The van der Waals surface area contributed by atoms with Gasteiger partial charge in [0.05, 0.1) is 6.54 Å². The molecular weight excluding hydrogens is 336 g/mol. The first kappa shape index (κ1) is 13.2. The quantitative estimate of drug-likeness (QED) is 0.733. The van der Waals surface area contributed by atoms with Crippen molar-refractivity contribution < 1.29 is 0 Å². The average molecular weight is 347 g/mol. The van der Waals surface area contributed by atoms with Gasteiger partial charge in [0.15, 0.2) is 10.6 Å². The normalized spacial score (nSPS) is 10.7. The minimum Gasteiger partial charge on any atom is -0.294 e. The van der Waals surface area contributed by atoms with Crippen LogP contribution in [0, 0.1) is 4.77 Å². The lowest BCUT2D eigenvalue weighted by Crippen LogP contribution is -2.03. The van der Waals surface area contributed by atoms with Crippen LogP contribution in [0.15, 0.2) is 53.1 Å². The van der Waals surface area contributed by atoms with Crippen LogP contribution in [0.25, 0.3) is 11.5 Å². The second-order valence-electron chi connectivity index (χ2n) is 4.24. The van der Waals surface area contributed by atoms with Gasteiger partial charge in [-0.25, -0.2) is 0 Å². The van der Waals surface area contributed by atoms with Gasteiger partial charge >= 0.3 is 0 Å². The Morgan fingerprint density at radius 2 is 1.95 bits per heavy atom. The fourth-order valence-corrected chi connectivity index (χ4v) is 2.56. The van der Waals surface area contributed by atoms with Gasteiger partial charge in [-0.1, -0.05) is 40.2 Å². The van der Waals surface area contributed by atoms with E-state index < -0.39 is 0 Å². The number of hydrogen-bond acceptors (Lipinski definition) is 3. The highest BCUT2D eigenvalue weighted by Gasteiger charge is 2.11. The Morgan fingerprint density at radius 1 is 1.15 bits per heavy atom. The fourth-order valence-electron chi connectivity index (χ4n) is 1.95. The first-order chi connectivity index (χ1) is 9.75. The molecule has 0 unspecified atom stereocenters. The first-order valence-electron chi connectivity index (χ1n) is 6.06. The van der Waals surface area contributed by atoms with Gasteiger partial charge in [0.1, 0.15) is 5.69 Å². The van der Waals surface area contributed by atoms with Crippen LogP contribution < -0.4 is 0 Å². The number of aromatic nitrogens is 4. The highest BCUT2D eigenvalue weighted by Crippen LogP contribution is 2.20. The number of H-pyrrole nitrogens is 1. The van der Waals surface area contributed by atoms with Crippen molar-refractivity contribution in [3.8, 4) is 11.5 Å². The van der Waals surface area contributed by atoms with Gasteiger partial charge in [-0.05, 0) is 36.0 Å². The summed E-state index contributed by atoms with van der Waals surface area (Å²) in [5.41, 5.74) is 1.94. The van der Waals surface area contributed by atoms with Crippen molar-refractivity contribution in [2.75, 3.05) is 0 Å². The zero-order valence-electron chi connectivity index (χ0n) is 10.5. The summed E-state index contributed by atoms with van der Waals surface area (Å²) in [4.78, 5) is 4.33. The molecule has 0 radical (unpaired) electrons. The minimum absolute atomic E-state index is 0.585. The molecule has 6 heteroatoms. The molecule has 2 aromatic heterocycles. The molecule has 0 fully saturated rings. The summed E-state index contributed by atoms with van der Waals surface area (Å²) >= 11 is 8.87. The zero-order valence-corrected chi connectivity index (χ0v) is 12.9. The van der Waals surface area contributed by atoms with E-state index in [1.54, 1.807) is 6.20 Å². The first-order valence-corrected chi connectivity index (χ1v) is 7.26. The molecule has 0 bridgehead atoms. The molecule has 100 valence electrons. The van der Waals surface area contributed by atoms with Crippen molar-refractivity contribution >= 4 is 28.1 Å². The maximum atomic E-state index is 5.32. The molecule has 2 heterocycles. The van der Waals surface area contributed by atoms with Crippen molar-refractivity contribution in [2.45, 2.75) is 6.54 Å². The van der Waals surface area contributed by atoms with E-state index in [1.807, 2.05) is 41.0 Å². The van der Waals surface area contributed by atoms with Gasteiger partial charge in [0.2, 0.25) is 0 Å². The Labute approximate surface area is 129 Å². The van der Waals surface area contributed by atoms with Crippen molar-refractivity contribution in [3.05, 3.63) is 63.5 Å². The highest BCUT2D eigenvalue weighted by atomic mass is 79.9. The van der Waals surface area contributed by atoms with Crippen LogP contribution in [0.4, 0.5) is 0 Å². The van der Waals surface area contributed by atoms with Crippen LogP contribution in [0.1, 0.15) is 5.56 Å². The standard InChI is InChI=1S/C14H11BrN4S/c15-11-6-2-1-5-10(11)9-19-13(17-18-14(19)20)12-7-3-4-8-16-12/h1-8H,9H2,(H,18,20). The number of aromatic amines is 1. The molecule has 0 atom stereocenters. The van der Waals surface area contributed by atoms with Crippen LogP contribution in [0.2, 0.25) is 0 Å².